The number of anilines is 2. The molecule has 2 aromatic carbocycles. The Bertz CT molecular complexity index is 628. The highest BCUT2D eigenvalue weighted by molar-refractivity contribution is 7.62. The van der Waals surface area contributed by atoms with Gasteiger partial charge in [0.05, 0.1) is 6.61 Å². The first-order valence-corrected chi connectivity index (χ1v) is 9.90. The number of para-hydroxylation sites is 2. The van der Waals surface area contributed by atoms with Crippen molar-refractivity contribution in [3.63, 3.8) is 0 Å². The van der Waals surface area contributed by atoms with Crippen molar-refractivity contribution in [3.05, 3.63) is 60.7 Å². The third-order valence-electron chi connectivity index (χ3n) is 4.02. The van der Waals surface area contributed by atoms with E-state index in [0.717, 1.165) is 24.5 Å². The van der Waals surface area contributed by atoms with Gasteiger partial charge in [0.1, 0.15) is 0 Å². The number of nitrogens with one attached hydrogen (secondary N) is 1. The molecule has 0 amide bonds. The highest BCUT2D eigenvalue weighted by Gasteiger charge is 2.39. The van der Waals surface area contributed by atoms with E-state index >= 15 is 0 Å². The number of rotatable bonds is 4. The lowest BCUT2D eigenvalue weighted by atomic mass is 10.3. The molecule has 1 aliphatic rings. The molecule has 1 heterocycles. The Balaban J connectivity index is 2.07. The summed E-state index contributed by atoms with van der Waals surface area (Å²) in [4.78, 5) is 0. The molecule has 0 saturated carbocycles. The van der Waals surface area contributed by atoms with Crippen LogP contribution in [0.25, 0.3) is 0 Å². The van der Waals surface area contributed by atoms with Gasteiger partial charge in [-0.3, -0.25) is 13.9 Å². The molecular formula is C18H24N3O2P. The van der Waals surface area contributed by atoms with E-state index in [4.69, 9.17) is 4.52 Å². The van der Waals surface area contributed by atoms with Gasteiger partial charge in [0.25, 0.3) is 0 Å². The van der Waals surface area contributed by atoms with Gasteiger partial charge in [-0.2, -0.15) is 0 Å². The van der Waals surface area contributed by atoms with Crippen LogP contribution in [0.4, 0.5) is 11.4 Å². The van der Waals surface area contributed by atoms with Gasteiger partial charge >= 0.3 is 7.67 Å². The standard InChI is InChI=1S/C18H24N3O2P/c1-2-23-24(22)20(17-9-5-3-6-10-17)15-13-19-14-16-21(24)18-11-7-4-8-12-18/h3-12,19H,2,13-16H2,1H3. The quantitative estimate of drug-likeness (QED) is 0.855. The molecule has 0 atom stereocenters. The van der Waals surface area contributed by atoms with Crippen LogP contribution in [-0.2, 0) is 9.09 Å². The van der Waals surface area contributed by atoms with E-state index in [2.05, 4.69) is 5.32 Å². The Morgan fingerprint density at radius 2 is 1.38 bits per heavy atom. The van der Waals surface area contributed by atoms with Crippen molar-refractivity contribution in [1.82, 2.24) is 5.32 Å². The molecule has 1 fully saturated rings. The first-order valence-electron chi connectivity index (χ1n) is 8.37. The monoisotopic (exact) mass is 345 g/mol. The highest BCUT2D eigenvalue weighted by Crippen LogP contribution is 2.57. The fraction of sp³-hybridized carbons (Fsp3) is 0.333. The van der Waals surface area contributed by atoms with E-state index < -0.39 is 7.67 Å². The summed E-state index contributed by atoms with van der Waals surface area (Å²) in [6.07, 6.45) is 0. The van der Waals surface area contributed by atoms with Crippen molar-refractivity contribution in [2.75, 3.05) is 42.1 Å². The Kier molecular flexibility index (Phi) is 5.56. The van der Waals surface area contributed by atoms with Crippen LogP contribution in [0.1, 0.15) is 6.92 Å². The minimum atomic E-state index is -3.22. The van der Waals surface area contributed by atoms with Gasteiger partial charge in [-0.05, 0) is 31.2 Å². The van der Waals surface area contributed by atoms with Gasteiger partial charge in [-0.1, -0.05) is 36.4 Å². The fourth-order valence-electron chi connectivity index (χ4n) is 2.94. The predicted octanol–water partition coefficient (Wildman–Crippen LogP) is 3.75. The molecule has 0 spiro atoms. The van der Waals surface area contributed by atoms with Crippen LogP contribution in [0.5, 0.6) is 0 Å². The predicted molar refractivity (Wildman–Crippen MR) is 99.7 cm³/mol. The molecule has 128 valence electrons. The Labute approximate surface area is 143 Å². The van der Waals surface area contributed by atoms with Crippen LogP contribution in [0.15, 0.2) is 60.7 Å². The van der Waals surface area contributed by atoms with E-state index in [1.165, 1.54) is 0 Å². The van der Waals surface area contributed by atoms with Crippen LogP contribution in [0.2, 0.25) is 0 Å². The van der Waals surface area contributed by atoms with Crippen molar-refractivity contribution in [2.45, 2.75) is 6.92 Å². The summed E-state index contributed by atoms with van der Waals surface area (Å²) in [5.74, 6) is 0. The Morgan fingerprint density at radius 3 is 1.79 bits per heavy atom. The van der Waals surface area contributed by atoms with E-state index in [1.54, 1.807) is 0 Å². The molecule has 2 aromatic rings. The van der Waals surface area contributed by atoms with Crippen molar-refractivity contribution in [2.24, 2.45) is 0 Å². The van der Waals surface area contributed by atoms with Crippen molar-refractivity contribution in [1.29, 1.82) is 0 Å². The molecule has 1 saturated heterocycles. The number of nitrogens with zero attached hydrogens (tertiary/aromatic N) is 2. The summed E-state index contributed by atoms with van der Waals surface area (Å²) in [6.45, 7) is 5.10. The molecule has 0 bridgehead atoms. The Hall–Kier alpha value is -1.81. The lowest BCUT2D eigenvalue weighted by Gasteiger charge is -2.42. The smallest absolute Gasteiger partial charge is 0.313 e. The maximum atomic E-state index is 14.1. The zero-order chi connectivity index (χ0) is 16.8. The summed E-state index contributed by atoms with van der Waals surface area (Å²) in [5.41, 5.74) is 1.83. The minimum Gasteiger partial charge on any atom is -0.313 e. The lowest BCUT2D eigenvalue weighted by molar-refractivity contribution is 0.326. The van der Waals surface area contributed by atoms with Gasteiger partial charge in [0.15, 0.2) is 0 Å². The van der Waals surface area contributed by atoms with Gasteiger partial charge in [0, 0.05) is 37.6 Å². The second-order valence-corrected chi connectivity index (χ2v) is 7.78. The molecule has 0 aliphatic carbocycles. The minimum absolute atomic E-state index is 0.400. The SMILES string of the molecule is CCOP1(=O)N(c2ccccc2)CCNCCN1c1ccccc1. The zero-order valence-electron chi connectivity index (χ0n) is 14.0. The van der Waals surface area contributed by atoms with Gasteiger partial charge < -0.3 is 5.32 Å². The first-order chi connectivity index (χ1) is 11.8. The first kappa shape index (κ1) is 17.0. The second kappa shape index (κ2) is 7.84. The zero-order valence-corrected chi connectivity index (χ0v) is 14.9. The number of hydrogen-bond donors (Lipinski definition) is 1. The second-order valence-electron chi connectivity index (χ2n) is 5.58. The van der Waals surface area contributed by atoms with E-state index in [0.29, 0.717) is 19.7 Å². The summed E-state index contributed by atoms with van der Waals surface area (Å²) in [6, 6.07) is 19.7. The van der Waals surface area contributed by atoms with Gasteiger partial charge in [0.2, 0.25) is 0 Å². The lowest BCUT2D eigenvalue weighted by Crippen LogP contribution is -2.43. The van der Waals surface area contributed by atoms with E-state index in [9.17, 15) is 4.57 Å². The molecule has 0 radical (unpaired) electrons. The topological polar surface area (TPSA) is 44.8 Å². The highest BCUT2D eigenvalue weighted by atomic mass is 31.2. The van der Waals surface area contributed by atoms with Crippen molar-refractivity contribution >= 4 is 19.0 Å². The van der Waals surface area contributed by atoms with Crippen LogP contribution in [0, 0.1) is 0 Å². The molecule has 24 heavy (non-hydrogen) atoms. The molecule has 0 aromatic heterocycles. The maximum absolute atomic E-state index is 14.1. The molecule has 0 unspecified atom stereocenters. The average Bonchev–Trinajstić information content (AvgIpc) is 2.61. The largest absolute Gasteiger partial charge is 0.397 e. The summed E-state index contributed by atoms with van der Waals surface area (Å²) < 4.78 is 23.8. The summed E-state index contributed by atoms with van der Waals surface area (Å²) in [7, 11) is -3.22. The average molecular weight is 345 g/mol. The molecule has 5 nitrogen and oxygen atoms in total. The Morgan fingerprint density at radius 1 is 0.917 bits per heavy atom. The van der Waals surface area contributed by atoms with Crippen LogP contribution in [-0.4, -0.2) is 32.8 Å². The fourth-order valence-corrected chi connectivity index (χ4v) is 5.37. The van der Waals surface area contributed by atoms with E-state index in [1.807, 2.05) is 76.9 Å². The third kappa shape index (κ3) is 3.48. The van der Waals surface area contributed by atoms with Crippen LogP contribution >= 0.6 is 7.67 Å². The van der Waals surface area contributed by atoms with Crippen LogP contribution in [0.3, 0.4) is 0 Å². The molecule has 1 N–H and O–H groups in total. The third-order valence-corrected chi connectivity index (χ3v) is 6.69. The molecule has 6 heteroatoms. The molecule has 1 aliphatic heterocycles. The maximum Gasteiger partial charge on any atom is 0.397 e. The normalized spacial score (nSPS) is 18.0. The summed E-state index contributed by atoms with van der Waals surface area (Å²) in [5, 5.41) is 3.41. The van der Waals surface area contributed by atoms with Gasteiger partial charge in [-0.25, -0.2) is 4.57 Å². The van der Waals surface area contributed by atoms with Crippen molar-refractivity contribution in [3.8, 4) is 0 Å². The molecule has 3 rings (SSSR count). The van der Waals surface area contributed by atoms with E-state index in [-0.39, 0.29) is 0 Å². The van der Waals surface area contributed by atoms with Crippen molar-refractivity contribution < 1.29 is 9.09 Å². The molecular weight excluding hydrogens is 321 g/mol. The number of hydrogen-bond acceptors (Lipinski definition) is 3. The van der Waals surface area contributed by atoms with Gasteiger partial charge in [-0.15, -0.1) is 0 Å². The summed E-state index contributed by atoms with van der Waals surface area (Å²) >= 11 is 0. The van der Waals surface area contributed by atoms with Crippen LogP contribution < -0.4 is 14.7 Å². The number of benzene rings is 2.